The number of amides is 5. The molecule has 1 aliphatic heterocycles. The number of imide groups is 2. The molecule has 10 nitrogen and oxygen atoms in total. The van der Waals surface area contributed by atoms with E-state index in [1.54, 1.807) is 30.3 Å². The van der Waals surface area contributed by atoms with Crippen molar-refractivity contribution in [2.24, 2.45) is 0 Å². The predicted molar refractivity (Wildman–Crippen MR) is 143 cm³/mol. The van der Waals surface area contributed by atoms with Crippen LogP contribution >= 0.6 is 15.9 Å². The second-order valence-electron chi connectivity index (χ2n) is 8.01. The number of hydrogen-bond acceptors (Lipinski definition) is 7. The molecule has 0 radical (unpaired) electrons. The van der Waals surface area contributed by atoms with Crippen LogP contribution in [0.4, 0.5) is 20.6 Å². The van der Waals surface area contributed by atoms with E-state index in [9.17, 15) is 23.6 Å². The largest absolute Gasteiger partial charge is 0.495 e. The Balaban J connectivity index is 1.55. The zero-order valence-electron chi connectivity index (χ0n) is 20.6. The summed E-state index contributed by atoms with van der Waals surface area (Å²) in [5, 5.41) is 4.80. The zero-order chi connectivity index (χ0) is 28.1. The van der Waals surface area contributed by atoms with Gasteiger partial charge >= 0.3 is 6.03 Å². The summed E-state index contributed by atoms with van der Waals surface area (Å²) in [7, 11) is 2.87. The fourth-order valence-corrected chi connectivity index (χ4v) is 4.26. The first-order chi connectivity index (χ1) is 18.7. The topological polar surface area (TPSA) is 123 Å². The lowest BCUT2D eigenvalue weighted by Crippen LogP contribution is -2.54. The maximum Gasteiger partial charge on any atom is 0.335 e. The maximum atomic E-state index is 13.3. The number of nitrogens with zero attached hydrogens (tertiary/aromatic N) is 1. The predicted octanol–water partition coefficient (Wildman–Crippen LogP) is 4.29. The molecule has 5 amide bonds. The van der Waals surface area contributed by atoms with E-state index in [1.165, 1.54) is 38.5 Å². The van der Waals surface area contributed by atoms with Crippen LogP contribution in [0.25, 0.3) is 6.08 Å². The SMILES string of the molecule is COc1ccccc1NC(=O)COc1c(Br)cc(/C=C2\C(=O)NC(=O)N(c3ccc(F)cc3)C2=O)cc1OC. The number of anilines is 2. The Morgan fingerprint density at radius 3 is 2.41 bits per heavy atom. The Hall–Kier alpha value is -4.71. The molecule has 3 aromatic rings. The van der Waals surface area contributed by atoms with Crippen molar-refractivity contribution in [3.05, 3.63) is 82.1 Å². The first kappa shape index (κ1) is 27.3. The fraction of sp³-hybridized carbons (Fsp3) is 0.111. The maximum absolute atomic E-state index is 13.3. The van der Waals surface area contributed by atoms with Crippen molar-refractivity contribution in [2.75, 3.05) is 31.0 Å². The van der Waals surface area contributed by atoms with Gasteiger partial charge in [-0.2, -0.15) is 0 Å². The molecule has 0 unspecified atom stereocenters. The Labute approximate surface area is 230 Å². The minimum atomic E-state index is -0.956. The Morgan fingerprint density at radius 1 is 1.03 bits per heavy atom. The molecule has 2 N–H and O–H groups in total. The number of carbonyl (C=O) groups excluding carboxylic acids is 4. The fourth-order valence-electron chi connectivity index (χ4n) is 3.68. The molecule has 3 aromatic carbocycles. The van der Waals surface area contributed by atoms with Crippen molar-refractivity contribution in [2.45, 2.75) is 0 Å². The van der Waals surface area contributed by atoms with E-state index in [1.807, 2.05) is 0 Å². The average Bonchev–Trinajstić information content (AvgIpc) is 2.91. The normalized spacial score (nSPS) is 14.2. The summed E-state index contributed by atoms with van der Waals surface area (Å²) in [5.74, 6) is -1.89. The highest BCUT2D eigenvalue weighted by molar-refractivity contribution is 9.10. The molecule has 12 heteroatoms. The van der Waals surface area contributed by atoms with Gasteiger partial charge < -0.3 is 19.5 Å². The number of nitrogens with one attached hydrogen (secondary N) is 2. The number of methoxy groups -OCH3 is 2. The van der Waals surface area contributed by atoms with Gasteiger partial charge in [-0.1, -0.05) is 12.1 Å². The summed E-state index contributed by atoms with van der Waals surface area (Å²) >= 11 is 3.37. The number of para-hydroxylation sites is 2. The van der Waals surface area contributed by atoms with Gasteiger partial charge in [-0.3, -0.25) is 19.7 Å². The van der Waals surface area contributed by atoms with Gasteiger partial charge in [0.05, 0.1) is 30.1 Å². The highest BCUT2D eigenvalue weighted by atomic mass is 79.9. The van der Waals surface area contributed by atoms with E-state index in [0.717, 1.165) is 17.0 Å². The van der Waals surface area contributed by atoms with Crippen molar-refractivity contribution in [3.8, 4) is 17.2 Å². The van der Waals surface area contributed by atoms with E-state index >= 15 is 0 Å². The molecule has 1 fully saturated rings. The summed E-state index contributed by atoms with van der Waals surface area (Å²) < 4.78 is 30.0. The molecule has 39 heavy (non-hydrogen) atoms. The summed E-state index contributed by atoms with van der Waals surface area (Å²) in [4.78, 5) is 51.1. The molecule has 0 saturated carbocycles. The van der Waals surface area contributed by atoms with E-state index in [0.29, 0.717) is 21.5 Å². The molecule has 1 aliphatic rings. The number of carbonyl (C=O) groups is 4. The van der Waals surface area contributed by atoms with Crippen molar-refractivity contribution in [1.29, 1.82) is 0 Å². The van der Waals surface area contributed by atoms with Gasteiger partial charge in [0.15, 0.2) is 18.1 Å². The number of halogens is 2. The Kier molecular flexibility index (Phi) is 8.25. The minimum Gasteiger partial charge on any atom is -0.495 e. The minimum absolute atomic E-state index is 0.0891. The van der Waals surface area contributed by atoms with E-state index in [4.69, 9.17) is 14.2 Å². The van der Waals surface area contributed by atoms with Gasteiger partial charge in [0, 0.05) is 0 Å². The van der Waals surface area contributed by atoms with E-state index in [2.05, 4.69) is 26.6 Å². The van der Waals surface area contributed by atoms with Crippen LogP contribution in [-0.2, 0) is 14.4 Å². The molecule has 0 spiro atoms. The number of barbiturate groups is 1. The molecule has 1 saturated heterocycles. The summed E-state index contributed by atoms with van der Waals surface area (Å²) in [6.07, 6.45) is 1.27. The van der Waals surface area contributed by atoms with Crippen molar-refractivity contribution in [3.63, 3.8) is 0 Å². The van der Waals surface area contributed by atoms with Crippen LogP contribution < -0.4 is 29.7 Å². The smallest absolute Gasteiger partial charge is 0.335 e. The van der Waals surface area contributed by atoms with Crippen molar-refractivity contribution >= 4 is 57.1 Å². The molecule has 4 rings (SSSR count). The zero-order valence-corrected chi connectivity index (χ0v) is 22.2. The monoisotopic (exact) mass is 597 g/mol. The number of rotatable bonds is 8. The number of ether oxygens (including phenoxy) is 3. The van der Waals surface area contributed by atoms with Crippen LogP contribution in [0.5, 0.6) is 17.2 Å². The number of hydrogen-bond donors (Lipinski definition) is 2. The standard InChI is InChI=1S/C27H21BrFN3O7/c1-37-21-6-4-3-5-20(21)30-23(33)14-39-24-19(28)12-15(13-22(24)38-2)11-18-25(34)31-27(36)32(26(18)35)17-9-7-16(29)8-10-17/h3-13H,14H2,1-2H3,(H,30,33)(H,31,34,36)/b18-11+. The summed E-state index contributed by atoms with van der Waals surface area (Å²) in [6, 6.07) is 13.7. The molecule has 1 heterocycles. The van der Waals surface area contributed by atoms with Gasteiger partial charge in [-0.25, -0.2) is 14.1 Å². The Morgan fingerprint density at radius 2 is 1.72 bits per heavy atom. The van der Waals surface area contributed by atoms with Gasteiger partial charge in [-0.05, 0) is 76.1 Å². The lowest BCUT2D eigenvalue weighted by atomic mass is 10.1. The Bertz CT molecular complexity index is 1490. The molecular weight excluding hydrogens is 577 g/mol. The number of benzene rings is 3. The van der Waals surface area contributed by atoms with Crippen LogP contribution in [0.15, 0.2) is 70.7 Å². The van der Waals surface area contributed by atoms with E-state index < -0.39 is 29.6 Å². The third-order valence-corrected chi connectivity index (χ3v) is 6.07. The van der Waals surface area contributed by atoms with Crippen LogP contribution in [0.1, 0.15) is 5.56 Å². The molecule has 0 atom stereocenters. The van der Waals surface area contributed by atoms with Crippen LogP contribution in [0, 0.1) is 5.82 Å². The number of urea groups is 1. The highest BCUT2D eigenvalue weighted by Crippen LogP contribution is 2.37. The lowest BCUT2D eigenvalue weighted by Gasteiger charge is -2.26. The van der Waals surface area contributed by atoms with Crippen LogP contribution in [0.3, 0.4) is 0 Å². The van der Waals surface area contributed by atoms with Crippen LogP contribution in [0.2, 0.25) is 0 Å². The van der Waals surface area contributed by atoms with Crippen molar-refractivity contribution < 1.29 is 37.8 Å². The third-order valence-electron chi connectivity index (χ3n) is 5.48. The highest BCUT2D eigenvalue weighted by Gasteiger charge is 2.37. The third kappa shape index (κ3) is 6.07. The molecular formula is C27H21BrFN3O7. The van der Waals surface area contributed by atoms with Crippen LogP contribution in [-0.4, -0.2) is 44.6 Å². The molecule has 0 bridgehead atoms. The van der Waals surface area contributed by atoms with Crippen molar-refractivity contribution in [1.82, 2.24) is 5.32 Å². The first-order valence-corrected chi connectivity index (χ1v) is 12.1. The van der Waals surface area contributed by atoms with Gasteiger partial charge in [0.2, 0.25) is 0 Å². The van der Waals surface area contributed by atoms with E-state index in [-0.39, 0.29) is 29.4 Å². The molecule has 0 aromatic heterocycles. The van der Waals surface area contributed by atoms with Gasteiger partial charge in [0.25, 0.3) is 17.7 Å². The summed E-state index contributed by atoms with van der Waals surface area (Å²) in [5.41, 5.74) is 0.589. The molecule has 0 aliphatic carbocycles. The van der Waals surface area contributed by atoms with Gasteiger partial charge in [0.1, 0.15) is 17.1 Å². The van der Waals surface area contributed by atoms with Gasteiger partial charge in [-0.15, -0.1) is 0 Å². The average molecular weight is 598 g/mol. The first-order valence-electron chi connectivity index (χ1n) is 11.3. The quantitative estimate of drug-likeness (QED) is 0.293. The molecule has 200 valence electrons. The second-order valence-corrected chi connectivity index (χ2v) is 8.86. The lowest BCUT2D eigenvalue weighted by molar-refractivity contribution is -0.122. The summed E-state index contributed by atoms with van der Waals surface area (Å²) in [6.45, 7) is -0.358. The second kappa shape index (κ2) is 11.8.